The summed E-state index contributed by atoms with van der Waals surface area (Å²) in [6.45, 7) is -4.42. The highest BCUT2D eigenvalue weighted by Crippen LogP contribution is 2.39. The molecule has 152 valence electrons. The Morgan fingerprint density at radius 2 is 1.83 bits per heavy atom. The predicted octanol–water partition coefficient (Wildman–Crippen LogP) is 5.15. The molecule has 1 aliphatic heterocycles. The predicted molar refractivity (Wildman–Crippen MR) is 104 cm³/mol. The standard InChI is InChI=1S/C21H21BF3N2O2/c23-22(24,25)12-19-10-11-27(21(28)29-15-17-4-2-1-3-5-17)14-20(19)18-8-6-16(13-26)7-9-18/h1-9,19-20H,10-12,14-15H2/q-1/t19-,20-/m0/s1. The lowest BCUT2D eigenvalue weighted by molar-refractivity contribution is 0.0774. The molecule has 1 amide bonds. The van der Waals surface area contributed by atoms with Gasteiger partial charge in [0.25, 0.3) is 0 Å². The number of benzene rings is 2. The number of ether oxygens (including phenoxy) is 1. The Hall–Kier alpha value is -2.95. The maximum atomic E-state index is 13.1. The maximum Gasteiger partial charge on any atom is 0.478 e. The van der Waals surface area contributed by atoms with Gasteiger partial charge in [-0.05, 0) is 29.7 Å². The topological polar surface area (TPSA) is 53.3 Å². The largest absolute Gasteiger partial charge is 0.478 e. The summed E-state index contributed by atoms with van der Waals surface area (Å²) < 4.78 is 44.7. The molecule has 0 radical (unpaired) electrons. The SMILES string of the molecule is N#Cc1ccc([C@@H]2CN(C(=O)OCc3ccccc3)CC[C@H]2C[B-](F)(F)F)cc1. The first-order valence-electron chi connectivity index (χ1n) is 9.52. The number of carbonyl (C=O) groups excluding carboxylic acids is 1. The lowest BCUT2D eigenvalue weighted by Gasteiger charge is -2.40. The number of carbonyl (C=O) groups is 1. The molecule has 3 rings (SSSR count). The summed E-state index contributed by atoms with van der Waals surface area (Å²) >= 11 is 0. The zero-order chi connectivity index (χ0) is 20.9. The molecule has 0 saturated carbocycles. The van der Waals surface area contributed by atoms with Crippen molar-refractivity contribution in [1.82, 2.24) is 4.90 Å². The molecule has 0 N–H and O–H groups in total. The Morgan fingerprint density at radius 3 is 2.45 bits per heavy atom. The van der Waals surface area contributed by atoms with E-state index in [0.29, 0.717) is 11.1 Å². The van der Waals surface area contributed by atoms with E-state index in [0.717, 1.165) is 5.56 Å². The summed E-state index contributed by atoms with van der Waals surface area (Å²) in [6.07, 6.45) is -1.10. The highest BCUT2D eigenvalue weighted by atomic mass is 19.4. The van der Waals surface area contributed by atoms with Crippen LogP contribution in [0.25, 0.3) is 0 Å². The van der Waals surface area contributed by atoms with Crippen molar-refractivity contribution in [2.75, 3.05) is 13.1 Å². The molecule has 1 saturated heterocycles. The van der Waals surface area contributed by atoms with Crippen LogP contribution in [0, 0.1) is 17.2 Å². The van der Waals surface area contributed by atoms with Crippen LogP contribution in [0.15, 0.2) is 54.6 Å². The smallest absolute Gasteiger partial charge is 0.449 e. The molecule has 2 aromatic rings. The molecular formula is C21H21BF3N2O2-. The average molecular weight is 401 g/mol. The molecule has 0 unspecified atom stereocenters. The number of amides is 1. The second-order valence-electron chi connectivity index (χ2n) is 7.32. The third-order valence-electron chi connectivity index (χ3n) is 5.26. The van der Waals surface area contributed by atoms with Gasteiger partial charge in [0.05, 0.1) is 11.6 Å². The van der Waals surface area contributed by atoms with Gasteiger partial charge in [-0.25, -0.2) is 4.79 Å². The van der Waals surface area contributed by atoms with Gasteiger partial charge in [-0.15, -0.1) is 0 Å². The number of hydrogen-bond donors (Lipinski definition) is 0. The third kappa shape index (κ3) is 5.77. The minimum atomic E-state index is -4.93. The van der Waals surface area contributed by atoms with Crippen molar-refractivity contribution >= 4 is 13.1 Å². The fourth-order valence-electron chi connectivity index (χ4n) is 3.78. The second kappa shape index (κ2) is 9.04. The van der Waals surface area contributed by atoms with Gasteiger partial charge in [0.15, 0.2) is 0 Å². The van der Waals surface area contributed by atoms with E-state index in [-0.39, 0.29) is 26.1 Å². The number of hydrogen-bond acceptors (Lipinski definition) is 3. The summed E-state index contributed by atoms with van der Waals surface area (Å²) in [6, 6.07) is 17.8. The Bertz CT molecular complexity index is 866. The summed E-state index contributed by atoms with van der Waals surface area (Å²) in [5.74, 6) is -1.05. The van der Waals surface area contributed by atoms with Crippen molar-refractivity contribution < 1.29 is 22.5 Å². The quantitative estimate of drug-likeness (QED) is 0.652. The number of nitrogens with zero attached hydrogens (tertiary/aromatic N) is 2. The summed E-state index contributed by atoms with van der Waals surface area (Å²) in [5.41, 5.74) is 1.99. The molecule has 4 nitrogen and oxygen atoms in total. The zero-order valence-electron chi connectivity index (χ0n) is 15.8. The number of halogens is 3. The zero-order valence-corrected chi connectivity index (χ0v) is 15.8. The van der Waals surface area contributed by atoms with E-state index in [1.54, 1.807) is 24.3 Å². The third-order valence-corrected chi connectivity index (χ3v) is 5.26. The lowest BCUT2D eigenvalue weighted by Crippen LogP contribution is -2.44. The Labute approximate surface area is 167 Å². The number of nitriles is 1. The monoisotopic (exact) mass is 401 g/mol. The average Bonchev–Trinajstić information content (AvgIpc) is 2.72. The van der Waals surface area contributed by atoms with Gasteiger partial charge in [0, 0.05) is 19.0 Å². The van der Waals surface area contributed by atoms with E-state index in [2.05, 4.69) is 0 Å². The molecule has 8 heteroatoms. The van der Waals surface area contributed by atoms with Crippen molar-refractivity contribution in [1.29, 1.82) is 5.26 Å². The fourth-order valence-corrected chi connectivity index (χ4v) is 3.78. The van der Waals surface area contributed by atoms with Crippen LogP contribution in [-0.4, -0.2) is 31.1 Å². The summed E-state index contributed by atoms with van der Waals surface area (Å²) in [4.78, 5) is 14.0. The van der Waals surface area contributed by atoms with Crippen LogP contribution in [0.3, 0.4) is 0 Å². The summed E-state index contributed by atoms with van der Waals surface area (Å²) in [5, 5.41) is 8.95. The van der Waals surface area contributed by atoms with E-state index in [1.807, 2.05) is 36.4 Å². The normalized spacial score (nSPS) is 19.4. The van der Waals surface area contributed by atoms with Gasteiger partial charge >= 0.3 is 13.1 Å². The number of piperidine rings is 1. The lowest BCUT2D eigenvalue weighted by atomic mass is 9.68. The Kier molecular flexibility index (Phi) is 6.48. The molecule has 1 fully saturated rings. The molecular weight excluding hydrogens is 380 g/mol. The van der Waals surface area contributed by atoms with Gasteiger partial charge in [0.2, 0.25) is 0 Å². The van der Waals surface area contributed by atoms with Crippen LogP contribution in [0.5, 0.6) is 0 Å². The van der Waals surface area contributed by atoms with Gasteiger partial charge in [-0.3, -0.25) is 0 Å². The molecule has 2 atom stereocenters. The van der Waals surface area contributed by atoms with Crippen LogP contribution >= 0.6 is 0 Å². The van der Waals surface area contributed by atoms with Crippen molar-refractivity contribution in [3.63, 3.8) is 0 Å². The van der Waals surface area contributed by atoms with Crippen molar-refractivity contribution in [3.05, 3.63) is 71.3 Å². The van der Waals surface area contributed by atoms with Crippen molar-refractivity contribution in [2.24, 2.45) is 5.92 Å². The van der Waals surface area contributed by atoms with Crippen molar-refractivity contribution in [3.8, 4) is 6.07 Å². The first-order valence-corrected chi connectivity index (χ1v) is 9.52. The first kappa shape index (κ1) is 20.8. The minimum Gasteiger partial charge on any atom is -0.449 e. The maximum absolute atomic E-state index is 13.1. The van der Waals surface area contributed by atoms with Gasteiger partial charge in [-0.1, -0.05) is 54.7 Å². The molecule has 1 heterocycles. The molecule has 0 bridgehead atoms. The van der Waals surface area contributed by atoms with Crippen LogP contribution in [0.2, 0.25) is 6.32 Å². The van der Waals surface area contributed by atoms with Gasteiger partial charge in [-0.2, -0.15) is 5.26 Å². The number of likely N-dealkylation sites (tertiary alicyclic amines) is 1. The van der Waals surface area contributed by atoms with E-state index in [9.17, 15) is 17.7 Å². The Balaban J connectivity index is 1.71. The number of rotatable bonds is 5. The highest BCUT2D eigenvalue weighted by Gasteiger charge is 2.37. The van der Waals surface area contributed by atoms with Crippen LogP contribution in [0.1, 0.15) is 29.0 Å². The second-order valence-corrected chi connectivity index (χ2v) is 7.32. The highest BCUT2D eigenvalue weighted by molar-refractivity contribution is 6.58. The first-order chi connectivity index (χ1) is 13.9. The van der Waals surface area contributed by atoms with Crippen LogP contribution in [-0.2, 0) is 11.3 Å². The Morgan fingerprint density at radius 1 is 1.14 bits per heavy atom. The van der Waals surface area contributed by atoms with Gasteiger partial charge in [0.1, 0.15) is 6.61 Å². The van der Waals surface area contributed by atoms with E-state index >= 15 is 0 Å². The van der Waals surface area contributed by atoms with Gasteiger partial charge < -0.3 is 22.6 Å². The molecule has 0 spiro atoms. The molecule has 29 heavy (non-hydrogen) atoms. The summed E-state index contributed by atoms with van der Waals surface area (Å²) in [7, 11) is 0. The van der Waals surface area contributed by atoms with Crippen LogP contribution in [0.4, 0.5) is 17.7 Å². The fraction of sp³-hybridized carbons (Fsp3) is 0.333. The minimum absolute atomic E-state index is 0.118. The molecule has 1 aliphatic rings. The molecule has 0 aromatic heterocycles. The molecule has 0 aliphatic carbocycles. The van der Waals surface area contributed by atoms with Crippen molar-refractivity contribution in [2.45, 2.75) is 25.3 Å². The van der Waals surface area contributed by atoms with E-state index in [4.69, 9.17) is 10.00 Å². The molecule has 2 aromatic carbocycles. The van der Waals surface area contributed by atoms with E-state index in [1.165, 1.54) is 4.90 Å². The van der Waals surface area contributed by atoms with E-state index < -0.39 is 31.2 Å². The van der Waals surface area contributed by atoms with Crippen LogP contribution < -0.4 is 0 Å².